The van der Waals surface area contributed by atoms with Crippen LogP contribution in [0.25, 0.3) is 11.1 Å². The Morgan fingerprint density at radius 2 is 1.63 bits per heavy atom. The molecule has 0 radical (unpaired) electrons. The van der Waals surface area contributed by atoms with Gasteiger partial charge in [-0.3, -0.25) is 9.59 Å². The largest absolute Gasteiger partial charge is 0.368 e. The van der Waals surface area contributed by atoms with Gasteiger partial charge >= 0.3 is 0 Å². The molecule has 4 N–H and O–H groups in total. The first-order chi connectivity index (χ1) is 16.8. The van der Waals surface area contributed by atoms with Crippen LogP contribution in [0.5, 0.6) is 0 Å². The molecular formula is C25H19N5O4S. The van der Waals surface area contributed by atoms with Crippen LogP contribution in [-0.2, 0) is 16.4 Å². The van der Waals surface area contributed by atoms with Crippen molar-refractivity contribution in [1.82, 2.24) is 15.3 Å². The summed E-state index contributed by atoms with van der Waals surface area (Å²) in [5.41, 5.74) is 8.45. The first-order valence-corrected chi connectivity index (χ1v) is 12.1. The zero-order chi connectivity index (χ0) is 24.6. The lowest BCUT2D eigenvalue weighted by molar-refractivity contribution is 0.0949. The first kappa shape index (κ1) is 22.2. The van der Waals surface area contributed by atoms with Gasteiger partial charge in [0.25, 0.3) is 11.8 Å². The highest BCUT2D eigenvalue weighted by atomic mass is 32.2. The molecule has 0 saturated heterocycles. The maximum atomic E-state index is 13.1. The van der Waals surface area contributed by atoms with Crippen LogP contribution in [0.3, 0.4) is 0 Å². The van der Waals surface area contributed by atoms with Gasteiger partial charge in [-0.05, 0) is 41.5 Å². The number of rotatable bonds is 4. The predicted octanol–water partition coefficient (Wildman–Crippen LogP) is 3.05. The molecule has 0 atom stereocenters. The van der Waals surface area contributed by atoms with E-state index < -0.39 is 21.7 Å². The van der Waals surface area contributed by atoms with E-state index >= 15 is 0 Å². The van der Waals surface area contributed by atoms with Gasteiger partial charge in [0, 0.05) is 30.1 Å². The minimum Gasteiger partial charge on any atom is -0.368 e. The number of anilines is 2. The standard InChI is InChI=1S/C25H19N5O4S/c26-25-28-13-18(14-29-25)16-7-5-15(6-8-16)12-27-23(31)17-9-10-22-20(11-17)30-24(32)19-3-1-2-4-21(19)35(22,33)34/h1-11,13-14H,12H2,(H,27,31)(H,30,32)(H2,26,28,29). The van der Waals surface area contributed by atoms with Gasteiger partial charge in [-0.25, -0.2) is 18.4 Å². The molecule has 0 aliphatic carbocycles. The fourth-order valence-corrected chi connectivity index (χ4v) is 5.38. The minimum absolute atomic E-state index is 0.0590. The molecule has 1 aromatic heterocycles. The predicted molar refractivity (Wildman–Crippen MR) is 129 cm³/mol. The van der Waals surface area contributed by atoms with Crippen molar-refractivity contribution in [3.8, 4) is 11.1 Å². The highest BCUT2D eigenvalue weighted by Gasteiger charge is 2.31. The van der Waals surface area contributed by atoms with E-state index in [1.54, 1.807) is 24.5 Å². The third-order valence-corrected chi connectivity index (χ3v) is 7.48. The van der Waals surface area contributed by atoms with Gasteiger partial charge < -0.3 is 16.4 Å². The van der Waals surface area contributed by atoms with Crippen molar-refractivity contribution in [3.05, 3.63) is 95.8 Å². The van der Waals surface area contributed by atoms with E-state index in [1.165, 1.54) is 30.3 Å². The average molecular weight is 486 g/mol. The molecule has 0 unspecified atom stereocenters. The molecule has 1 aliphatic rings. The first-order valence-electron chi connectivity index (χ1n) is 10.6. The summed E-state index contributed by atoms with van der Waals surface area (Å²) in [7, 11) is -3.93. The Hall–Kier alpha value is -4.57. The molecule has 9 nitrogen and oxygen atoms in total. The smallest absolute Gasteiger partial charge is 0.257 e. The third kappa shape index (κ3) is 4.22. The highest BCUT2D eigenvalue weighted by Crippen LogP contribution is 2.34. The summed E-state index contributed by atoms with van der Waals surface area (Å²) < 4.78 is 26.2. The number of carbonyl (C=O) groups is 2. The third-order valence-electron chi connectivity index (χ3n) is 5.61. The Kier molecular flexibility index (Phi) is 5.50. The molecule has 0 saturated carbocycles. The number of hydrogen-bond acceptors (Lipinski definition) is 7. The Morgan fingerprint density at radius 3 is 2.37 bits per heavy atom. The number of nitrogens with zero attached hydrogens (tertiary/aromatic N) is 2. The van der Waals surface area contributed by atoms with E-state index in [2.05, 4.69) is 20.6 Å². The minimum atomic E-state index is -3.93. The zero-order valence-electron chi connectivity index (χ0n) is 18.2. The number of nitrogens with one attached hydrogen (secondary N) is 2. The number of hydrogen-bond donors (Lipinski definition) is 3. The fourth-order valence-electron chi connectivity index (χ4n) is 3.79. The van der Waals surface area contributed by atoms with Crippen molar-refractivity contribution >= 4 is 33.3 Å². The van der Waals surface area contributed by atoms with Crippen LogP contribution >= 0.6 is 0 Å². The van der Waals surface area contributed by atoms with Gasteiger partial charge in [-0.2, -0.15) is 0 Å². The van der Waals surface area contributed by atoms with Gasteiger partial charge in [0.2, 0.25) is 15.8 Å². The van der Waals surface area contributed by atoms with E-state index in [9.17, 15) is 18.0 Å². The lowest BCUT2D eigenvalue weighted by Crippen LogP contribution is -2.23. The van der Waals surface area contributed by atoms with Crippen LogP contribution in [0.1, 0.15) is 26.3 Å². The maximum Gasteiger partial charge on any atom is 0.257 e. The van der Waals surface area contributed by atoms with Crippen LogP contribution in [0.4, 0.5) is 11.6 Å². The van der Waals surface area contributed by atoms with E-state index in [0.717, 1.165) is 16.7 Å². The van der Waals surface area contributed by atoms with Crippen LogP contribution in [0.15, 0.2) is 88.9 Å². The Balaban J connectivity index is 1.33. The molecule has 174 valence electrons. The molecular weight excluding hydrogens is 466 g/mol. The second-order valence-electron chi connectivity index (χ2n) is 7.87. The van der Waals surface area contributed by atoms with Crippen molar-refractivity contribution in [2.45, 2.75) is 16.3 Å². The lowest BCUT2D eigenvalue weighted by atomic mass is 10.1. The molecule has 5 rings (SSSR count). The normalized spacial score (nSPS) is 13.7. The molecule has 2 heterocycles. The average Bonchev–Trinajstić information content (AvgIpc) is 2.95. The number of benzene rings is 3. The summed E-state index contributed by atoms with van der Waals surface area (Å²) in [5, 5.41) is 5.42. The summed E-state index contributed by atoms with van der Waals surface area (Å²) in [5.74, 6) is -0.753. The number of amides is 2. The van der Waals surface area contributed by atoms with Gasteiger partial charge in [0.15, 0.2) is 0 Å². The SMILES string of the molecule is Nc1ncc(-c2ccc(CNC(=O)c3ccc4c(c3)NC(=O)c3ccccc3S4(=O)=O)cc2)cn1. The van der Waals surface area contributed by atoms with Crippen LogP contribution in [0.2, 0.25) is 0 Å². The van der Waals surface area contributed by atoms with Gasteiger partial charge in [-0.15, -0.1) is 0 Å². The summed E-state index contributed by atoms with van der Waals surface area (Å²) >= 11 is 0. The van der Waals surface area contributed by atoms with Crippen LogP contribution in [0, 0.1) is 0 Å². The lowest BCUT2D eigenvalue weighted by Gasteiger charge is -2.11. The molecule has 35 heavy (non-hydrogen) atoms. The summed E-state index contributed by atoms with van der Waals surface area (Å²) in [6, 6.07) is 17.6. The number of sulfone groups is 1. The molecule has 0 bridgehead atoms. The fraction of sp³-hybridized carbons (Fsp3) is 0.0400. The quantitative estimate of drug-likeness (QED) is 0.403. The molecule has 0 spiro atoms. The van der Waals surface area contributed by atoms with Crippen molar-refractivity contribution in [2.75, 3.05) is 11.1 Å². The summed E-state index contributed by atoms with van der Waals surface area (Å²) in [6.07, 6.45) is 3.27. The van der Waals surface area contributed by atoms with Crippen molar-refractivity contribution in [2.24, 2.45) is 0 Å². The summed E-state index contributed by atoms with van der Waals surface area (Å²) in [4.78, 5) is 33.2. The van der Waals surface area contributed by atoms with Crippen molar-refractivity contribution in [1.29, 1.82) is 0 Å². The van der Waals surface area contributed by atoms with Crippen molar-refractivity contribution in [3.63, 3.8) is 0 Å². The molecule has 4 aromatic rings. The number of fused-ring (bicyclic) bond motifs is 2. The van der Waals surface area contributed by atoms with Crippen LogP contribution in [-0.4, -0.2) is 30.2 Å². The van der Waals surface area contributed by atoms with E-state index in [4.69, 9.17) is 5.73 Å². The topological polar surface area (TPSA) is 144 Å². The van der Waals surface area contributed by atoms with E-state index in [-0.39, 0.29) is 39.1 Å². The molecule has 1 aliphatic heterocycles. The van der Waals surface area contributed by atoms with Gasteiger partial charge in [0.05, 0.1) is 21.0 Å². The van der Waals surface area contributed by atoms with Gasteiger partial charge in [0.1, 0.15) is 0 Å². The molecule has 2 amide bonds. The second kappa shape index (κ2) is 8.65. The molecule has 0 fully saturated rings. The molecule has 3 aromatic carbocycles. The van der Waals surface area contributed by atoms with Crippen LogP contribution < -0.4 is 16.4 Å². The van der Waals surface area contributed by atoms with Crippen molar-refractivity contribution < 1.29 is 18.0 Å². The summed E-state index contributed by atoms with van der Waals surface area (Å²) in [6.45, 7) is 0.254. The Bertz CT molecular complexity index is 1570. The number of carbonyl (C=O) groups excluding carboxylic acids is 2. The Morgan fingerprint density at radius 1 is 0.914 bits per heavy atom. The van der Waals surface area contributed by atoms with E-state index in [0.29, 0.717) is 0 Å². The maximum absolute atomic E-state index is 13.1. The number of nitrogen functional groups attached to an aromatic ring is 1. The highest BCUT2D eigenvalue weighted by molar-refractivity contribution is 7.91. The molecule has 10 heteroatoms. The monoisotopic (exact) mass is 485 g/mol. The number of aromatic nitrogens is 2. The van der Waals surface area contributed by atoms with E-state index in [1.807, 2.05) is 24.3 Å². The van der Waals surface area contributed by atoms with Gasteiger partial charge in [-0.1, -0.05) is 36.4 Å². The number of nitrogens with two attached hydrogens (primary N) is 1. The second-order valence-corrected chi connectivity index (χ2v) is 9.76. The zero-order valence-corrected chi connectivity index (χ0v) is 19.0. The Labute approximate surface area is 201 Å².